The Kier molecular flexibility index (Phi) is 5.15. The molecule has 0 aliphatic rings. The number of halogens is 2. The van der Waals surface area contributed by atoms with Crippen LogP contribution in [0.3, 0.4) is 0 Å². The fourth-order valence-electron chi connectivity index (χ4n) is 2.81. The highest BCUT2D eigenvalue weighted by molar-refractivity contribution is 9.10. The molecule has 4 rings (SSSR count). The van der Waals surface area contributed by atoms with Gasteiger partial charge in [0, 0.05) is 27.3 Å². The Labute approximate surface area is 172 Å². The van der Waals surface area contributed by atoms with E-state index in [4.69, 9.17) is 4.74 Å². The van der Waals surface area contributed by atoms with E-state index < -0.39 is 5.82 Å². The third kappa shape index (κ3) is 3.79. The predicted molar refractivity (Wildman–Crippen MR) is 111 cm³/mol. The molecule has 0 fully saturated rings. The van der Waals surface area contributed by atoms with Crippen LogP contribution in [0.15, 0.2) is 58.5 Å². The maximum atomic E-state index is 13.9. The minimum absolute atomic E-state index is 0.119. The molecule has 2 aromatic heterocycles. The van der Waals surface area contributed by atoms with Crippen molar-refractivity contribution in [1.29, 1.82) is 0 Å². The van der Waals surface area contributed by atoms with Gasteiger partial charge in [0.05, 0.1) is 24.9 Å². The first-order chi connectivity index (χ1) is 13.5. The normalized spacial score (nSPS) is 11.0. The van der Waals surface area contributed by atoms with Crippen LogP contribution in [-0.4, -0.2) is 22.4 Å². The van der Waals surface area contributed by atoms with Crippen molar-refractivity contribution >= 4 is 43.8 Å². The number of rotatable bonds is 5. The van der Waals surface area contributed by atoms with Gasteiger partial charge in [-0.25, -0.2) is 9.37 Å². The zero-order valence-electron chi connectivity index (χ0n) is 14.8. The number of imidazole rings is 1. The zero-order valence-corrected chi connectivity index (χ0v) is 17.2. The Morgan fingerprint density at radius 1 is 1.29 bits per heavy atom. The van der Waals surface area contributed by atoms with Crippen LogP contribution in [0.2, 0.25) is 0 Å². The van der Waals surface area contributed by atoms with Crippen LogP contribution in [0.25, 0.3) is 16.2 Å². The minimum atomic E-state index is -0.484. The molecule has 0 radical (unpaired) electrons. The quantitative estimate of drug-likeness (QED) is 0.448. The van der Waals surface area contributed by atoms with E-state index in [1.54, 1.807) is 13.2 Å². The second-order valence-corrected chi connectivity index (χ2v) is 7.84. The van der Waals surface area contributed by atoms with Gasteiger partial charge in [-0.3, -0.25) is 9.20 Å². The molecule has 2 heterocycles. The van der Waals surface area contributed by atoms with Gasteiger partial charge in [0.15, 0.2) is 4.96 Å². The van der Waals surface area contributed by atoms with Crippen molar-refractivity contribution in [3.05, 3.63) is 70.0 Å². The smallest absolute Gasteiger partial charge is 0.230 e. The van der Waals surface area contributed by atoms with Crippen molar-refractivity contribution in [1.82, 2.24) is 9.38 Å². The van der Waals surface area contributed by atoms with E-state index in [0.717, 1.165) is 27.7 Å². The van der Waals surface area contributed by atoms with Gasteiger partial charge in [-0.05, 0) is 42.5 Å². The molecule has 0 bridgehead atoms. The molecule has 5 nitrogen and oxygen atoms in total. The lowest BCUT2D eigenvalue weighted by Crippen LogP contribution is -2.16. The number of benzene rings is 2. The summed E-state index contributed by atoms with van der Waals surface area (Å²) in [6.45, 7) is 0. The number of methoxy groups -OCH3 is 1. The first kappa shape index (κ1) is 18.6. The van der Waals surface area contributed by atoms with E-state index >= 15 is 0 Å². The average Bonchev–Trinajstić information content (AvgIpc) is 3.26. The third-order valence-corrected chi connectivity index (χ3v) is 5.60. The molecule has 0 spiro atoms. The lowest BCUT2D eigenvalue weighted by molar-refractivity contribution is -0.115. The topological polar surface area (TPSA) is 55.6 Å². The summed E-state index contributed by atoms with van der Waals surface area (Å²) in [5, 5.41) is 4.50. The molecule has 0 aliphatic carbocycles. The van der Waals surface area contributed by atoms with E-state index in [1.807, 2.05) is 40.2 Å². The number of hydrogen-bond donors (Lipinski definition) is 1. The molecule has 1 amide bonds. The number of nitrogens with zero attached hydrogens (tertiary/aromatic N) is 2. The van der Waals surface area contributed by atoms with Crippen LogP contribution >= 0.6 is 27.3 Å². The second kappa shape index (κ2) is 7.73. The number of thiazole rings is 1. The average molecular weight is 460 g/mol. The van der Waals surface area contributed by atoms with Gasteiger partial charge in [-0.15, -0.1) is 11.3 Å². The highest BCUT2D eigenvalue weighted by Crippen LogP contribution is 2.26. The highest BCUT2D eigenvalue weighted by atomic mass is 79.9. The van der Waals surface area contributed by atoms with Gasteiger partial charge in [0.2, 0.25) is 5.91 Å². The fraction of sp³-hybridized carbons (Fsp3) is 0.100. The number of carbonyl (C=O) groups is 1. The SMILES string of the molecule is COc1ccc(-c2cn3c(CC(=O)Nc4ccc(Br)cc4F)csc3n2)cc1. The summed E-state index contributed by atoms with van der Waals surface area (Å²) in [5.74, 6) is 0.00513. The van der Waals surface area contributed by atoms with Gasteiger partial charge in [0.25, 0.3) is 0 Å². The van der Waals surface area contributed by atoms with Gasteiger partial charge in [-0.2, -0.15) is 0 Å². The summed E-state index contributed by atoms with van der Waals surface area (Å²) in [7, 11) is 1.62. The number of hydrogen-bond acceptors (Lipinski definition) is 4. The molecule has 142 valence electrons. The number of anilines is 1. The molecule has 0 aliphatic heterocycles. The summed E-state index contributed by atoms with van der Waals surface area (Å²) in [6.07, 6.45) is 2.02. The summed E-state index contributed by atoms with van der Waals surface area (Å²) in [5.41, 5.74) is 2.73. The van der Waals surface area contributed by atoms with Gasteiger partial charge in [0.1, 0.15) is 11.6 Å². The van der Waals surface area contributed by atoms with Crippen molar-refractivity contribution in [2.24, 2.45) is 0 Å². The monoisotopic (exact) mass is 459 g/mol. The van der Waals surface area contributed by atoms with Gasteiger partial charge < -0.3 is 10.1 Å². The summed E-state index contributed by atoms with van der Waals surface area (Å²) in [4.78, 5) is 17.8. The number of carbonyl (C=O) groups excluding carboxylic acids is 1. The van der Waals surface area contributed by atoms with E-state index in [9.17, 15) is 9.18 Å². The Balaban J connectivity index is 1.54. The molecular weight excluding hydrogens is 445 g/mol. The van der Waals surface area contributed by atoms with E-state index in [-0.39, 0.29) is 18.0 Å². The second-order valence-electron chi connectivity index (χ2n) is 6.08. The summed E-state index contributed by atoms with van der Waals surface area (Å²) < 4.78 is 21.6. The van der Waals surface area contributed by atoms with Crippen LogP contribution in [0.5, 0.6) is 5.75 Å². The minimum Gasteiger partial charge on any atom is -0.497 e. The largest absolute Gasteiger partial charge is 0.497 e. The molecular formula is C20H15BrFN3O2S. The Hall–Kier alpha value is -2.71. The first-order valence-corrected chi connectivity index (χ1v) is 10.1. The van der Waals surface area contributed by atoms with Crippen LogP contribution in [0, 0.1) is 5.82 Å². The number of ether oxygens (including phenoxy) is 1. The molecule has 8 heteroatoms. The molecule has 4 aromatic rings. The fourth-order valence-corrected chi connectivity index (χ4v) is 4.01. The molecule has 1 N–H and O–H groups in total. The molecule has 0 saturated heterocycles. The van der Waals surface area contributed by atoms with Gasteiger partial charge >= 0.3 is 0 Å². The first-order valence-electron chi connectivity index (χ1n) is 8.38. The van der Waals surface area contributed by atoms with Crippen molar-refractivity contribution in [3.63, 3.8) is 0 Å². The number of aromatic nitrogens is 2. The molecule has 0 saturated carbocycles. The Morgan fingerprint density at radius 3 is 2.79 bits per heavy atom. The maximum absolute atomic E-state index is 13.9. The number of nitrogens with one attached hydrogen (secondary N) is 1. The van der Waals surface area contributed by atoms with Crippen LogP contribution in [-0.2, 0) is 11.2 Å². The summed E-state index contributed by atoms with van der Waals surface area (Å²) >= 11 is 4.66. The molecule has 0 atom stereocenters. The van der Waals surface area contributed by atoms with Crippen molar-refractivity contribution in [2.75, 3.05) is 12.4 Å². The lowest BCUT2D eigenvalue weighted by atomic mass is 10.2. The Morgan fingerprint density at radius 2 is 2.07 bits per heavy atom. The van der Waals surface area contributed by atoms with Crippen molar-refractivity contribution in [2.45, 2.75) is 6.42 Å². The third-order valence-electron chi connectivity index (χ3n) is 4.22. The van der Waals surface area contributed by atoms with Crippen LogP contribution < -0.4 is 10.1 Å². The highest BCUT2D eigenvalue weighted by Gasteiger charge is 2.14. The Bertz CT molecular complexity index is 1150. The predicted octanol–water partition coefficient (Wildman–Crippen LogP) is 5.15. The van der Waals surface area contributed by atoms with Crippen molar-refractivity contribution < 1.29 is 13.9 Å². The number of fused-ring (bicyclic) bond motifs is 1. The van der Waals surface area contributed by atoms with E-state index in [0.29, 0.717) is 4.47 Å². The van der Waals surface area contributed by atoms with Crippen LogP contribution in [0.1, 0.15) is 5.69 Å². The van der Waals surface area contributed by atoms with Gasteiger partial charge in [-0.1, -0.05) is 15.9 Å². The standard InChI is InChI=1S/C20H15BrFN3O2S/c1-27-15-5-2-12(3-6-15)18-10-25-14(11-28-20(25)24-18)9-19(26)23-17-7-4-13(21)8-16(17)22/h2-8,10-11H,9H2,1H3,(H,23,26). The van der Waals surface area contributed by atoms with E-state index in [1.165, 1.54) is 23.5 Å². The molecule has 28 heavy (non-hydrogen) atoms. The van der Waals surface area contributed by atoms with Crippen molar-refractivity contribution in [3.8, 4) is 17.0 Å². The lowest BCUT2D eigenvalue weighted by Gasteiger charge is -2.06. The number of amides is 1. The van der Waals surface area contributed by atoms with E-state index in [2.05, 4.69) is 26.2 Å². The molecule has 2 aromatic carbocycles. The maximum Gasteiger partial charge on any atom is 0.230 e. The molecule has 0 unspecified atom stereocenters. The zero-order chi connectivity index (χ0) is 19.7. The van der Waals surface area contributed by atoms with Crippen LogP contribution in [0.4, 0.5) is 10.1 Å². The summed E-state index contributed by atoms with van der Waals surface area (Å²) in [6, 6.07) is 12.2.